The van der Waals surface area contributed by atoms with E-state index in [2.05, 4.69) is 26.1 Å². The van der Waals surface area contributed by atoms with Crippen molar-refractivity contribution in [3.63, 3.8) is 0 Å². The first-order chi connectivity index (χ1) is 6.65. The molecule has 0 heterocycles. The van der Waals surface area contributed by atoms with E-state index >= 15 is 0 Å². The zero-order valence-corrected chi connectivity index (χ0v) is 9.05. The molecule has 0 aliphatic heterocycles. The van der Waals surface area contributed by atoms with E-state index in [1.807, 2.05) is 19.1 Å². The summed E-state index contributed by atoms with van der Waals surface area (Å²) in [5, 5.41) is 0. The second-order valence-corrected chi connectivity index (χ2v) is 3.26. The van der Waals surface area contributed by atoms with Gasteiger partial charge in [-0.2, -0.15) is 0 Å². The second-order valence-electron chi connectivity index (χ2n) is 3.26. The number of rotatable bonds is 3. The first kappa shape index (κ1) is 10.6. The van der Waals surface area contributed by atoms with Crippen LogP contribution in [-0.2, 0) is 0 Å². The van der Waals surface area contributed by atoms with E-state index in [4.69, 9.17) is 4.74 Å². The minimum atomic E-state index is 0.898. The molecule has 0 aliphatic rings. The van der Waals surface area contributed by atoms with Crippen molar-refractivity contribution in [2.75, 3.05) is 7.11 Å². The SMILES string of the molecule is C=Cc1cc(C)c(C)c(OC)c1C=C. The summed E-state index contributed by atoms with van der Waals surface area (Å²) in [4.78, 5) is 0. The van der Waals surface area contributed by atoms with E-state index in [0.717, 1.165) is 22.4 Å². The van der Waals surface area contributed by atoms with Gasteiger partial charge in [0.15, 0.2) is 0 Å². The third-order valence-corrected chi connectivity index (χ3v) is 2.49. The number of hydrogen-bond donors (Lipinski definition) is 0. The fraction of sp³-hybridized carbons (Fsp3) is 0.231. The lowest BCUT2D eigenvalue weighted by atomic mass is 9.98. The molecule has 0 spiro atoms. The van der Waals surface area contributed by atoms with Crippen LogP contribution in [0.15, 0.2) is 19.2 Å². The molecule has 74 valence electrons. The highest BCUT2D eigenvalue weighted by Crippen LogP contribution is 2.31. The first-order valence-electron chi connectivity index (χ1n) is 4.58. The molecule has 1 nitrogen and oxygen atoms in total. The predicted octanol–water partition coefficient (Wildman–Crippen LogP) is 3.60. The summed E-state index contributed by atoms with van der Waals surface area (Å²) >= 11 is 0. The monoisotopic (exact) mass is 188 g/mol. The van der Waals surface area contributed by atoms with Gasteiger partial charge in [0, 0.05) is 5.56 Å². The molecule has 1 rings (SSSR count). The molecule has 1 aromatic carbocycles. The molecule has 0 fully saturated rings. The normalized spacial score (nSPS) is 9.64. The number of ether oxygens (including phenoxy) is 1. The van der Waals surface area contributed by atoms with Crippen molar-refractivity contribution < 1.29 is 4.74 Å². The van der Waals surface area contributed by atoms with Crippen LogP contribution in [-0.4, -0.2) is 7.11 Å². The molecule has 14 heavy (non-hydrogen) atoms. The van der Waals surface area contributed by atoms with Crippen LogP contribution in [0.3, 0.4) is 0 Å². The highest BCUT2D eigenvalue weighted by atomic mass is 16.5. The fourth-order valence-electron chi connectivity index (χ4n) is 1.57. The molecule has 0 amide bonds. The van der Waals surface area contributed by atoms with Gasteiger partial charge in [-0.05, 0) is 30.5 Å². The fourth-order valence-corrected chi connectivity index (χ4v) is 1.57. The predicted molar refractivity (Wildman–Crippen MR) is 62.7 cm³/mol. The minimum Gasteiger partial charge on any atom is -0.496 e. The molecular weight excluding hydrogens is 172 g/mol. The third kappa shape index (κ3) is 1.58. The zero-order valence-electron chi connectivity index (χ0n) is 9.05. The molecule has 0 radical (unpaired) electrons. The molecule has 0 aromatic heterocycles. The molecule has 1 heteroatoms. The maximum atomic E-state index is 5.37. The largest absolute Gasteiger partial charge is 0.496 e. The van der Waals surface area contributed by atoms with Gasteiger partial charge in [-0.3, -0.25) is 0 Å². The van der Waals surface area contributed by atoms with E-state index < -0.39 is 0 Å². The van der Waals surface area contributed by atoms with Gasteiger partial charge in [-0.15, -0.1) is 0 Å². The van der Waals surface area contributed by atoms with Crippen molar-refractivity contribution in [3.05, 3.63) is 41.5 Å². The lowest BCUT2D eigenvalue weighted by Gasteiger charge is -2.13. The summed E-state index contributed by atoms with van der Waals surface area (Å²) in [5.41, 5.74) is 4.46. The summed E-state index contributed by atoms with van der Waals surface area (Å²) in [6, 6.07) is 2.10. The average Bonchev–Trinajstić information content (AvgIpc) is 2.20. The van der Waals surface area contributed by atoms with Crippen LogP contribution in [0.5, 0.6) is 5.75 Å². The van der Waals surface area contributed by atoms with Crippen LogP contribution >= 0.6 is 0 Å². The molecule has 0 atom stereocenters. The van der Waals surface area contributed by atoms with E-state index in [-0.39, 0.29) is 0 Å². The van der Waals surface area contributed by atoms with Gasteiger partial charge in [0.2, 0.25) is 0 Å². The Morgan fingerprint density at radius 3 is 2.29 bits per heavy atom. The molecule has 0 bridgehead atoms. The summed E-state index contributed by atoms with van der Waals surface area (Å²) in [7, 11) is 1.68. The molecule has 0 saturated carbocycles. The Morgan fingerprint density at radius 1 is 1.21 bits per heavy atom. The van der Waals surface area contributed by atoms with Gasteiger partial charge in [0.1, 0.15) is 5.75 Å². The number of hydrogen-bond acceptors (Lipinski definition) is 1. The van der Waals surface area contributed by atoms with Crippen molar-refractivity contribution in [1.82, 2.24) is 0 Å². The zero-order chi connectivity index (χ0) is 10.7. The minimum absolute atomic E-state index is 0.898. The van der Waals surface area contributed by atoms with Crippen molar-refractivity contribution in [2.45, 2.75) is 13.8 Å². The molecule has 0 saturated heterocycles. The molecule has 0 unspecified atom stereocenters. The van der Waals surface area contributed by atoms with Crippen LogP contribution in [0.2, 0.25) is 0 Å². The summed E-state index contributed by atoms with van der Waals surface area (Å²) in [5.74, 6) is 0.898. The van der Waals surface area contributed by atoms with Gasteiger partial charge in [0.25, 0.3) is 0 Å². The topological polar surface area (TPSA) is 9.23 Å². The number of benzene rings is 1. The van der Waals surface area contributed by atoms with Gasteiger partial charge < -0.3 is 4.74 Å². The van der Waals surface area contributed by atoms with Crippen molar-refractivity contribution in [2.24, 2.45) is 0 Å². The van der Waals surface area contributed by atoms with Crippen LogP contribution < -0.4 is 4.74 Å². The average molecular weight is 188 g/mol. The summed E-state index contributed by atoms with van der Waals surface area (Å²) in [6.45, 7) is 11.7. The Kier molecular flexibility index (Phi) is 3.13. The van der Waals surface area contributed by atoms with E-state index in [1.54, 1.807) is 7.11 Å². The summed E-state index contributed by atoms with van der Waals surface area (Å²) in [6.07, 6.45) is 3.63. The quantitative estimate of drug-likeness (QED) is 0.704. The Morgan fingerprint density at radius 2 is 1.86 bits per heavy atom. The van der Waals surface area contributed by atoms with Crippen LogP contribution in [0.1, 0.15) is 22.3 Å². The van der Waals surface area contributed by atoms with E-state index in [1.165, 1.54) is 5.56 Å². The van der Waals surface area contributed by atoms with Crippen LogP contribution in [0.25, 0.3) is 12.2 Å². The number of aryl methyl sites for hydroxylation is 1. The van der Waals surface area contributed by atoms with E-state index in [9.17, 15) is 0 Å². The third-order valence-electron chi connectivity index (χ3n) is 2.49. The maximum absolute atomic E-state index is 5.37. The van der Waals surface area contributed by atoms with E-state index in [0.29, 0.717) is 0 Å². The van der Waals surface area contributed by atoms with Gasteiger partial charge in [-0.1, -0.05) is 31.4 Å². The van der Waals surface area contributed by atoms with Crippen LogP contribution in [0, 0.1) is 13.8 Å². The van der Waals surface area contributed by atoms with Crippen molar-refractivity contribution >= 4 is 12.2 Å². The van der Waals surface area contributed by atoms with Crippen molar-refractivity contribution in [3.8, 4) is 5.75 Å². The lowest BCUT2D eigenvalue weighted by Crippen LogP contribution is -1.96. The first-order valence-corrected chi connectivity index (χ1v) is 4.58. The molecular formula is C13H16O. The van der Waals surface area contributed by atoms with Gasteiger partial charge in [0.05, 0.1) is 7.11 Å². The highest BCUT2D eigenvalue weighted by molar-refractivity contribution is 5.71. The van der Waals surface area contributed by atoms with Gasteiger partial charge >= 0.3 is 0 Å². The number of methoxy groups -OCH3 is 1. The van der Waals surface area contributed by atoms with Gasteiger partial charge in [-0.25, -0.2) is 0 Å². The standard InChI is InChI=1S/C13H16O/c1-6-11-8-9(3)10(4)13(14-5)12(11)7-2/h6-8H,1-2H2,3-5H3. The lowest BCUT2D eigenvalue weighted by molar-refractivity contribution is 0.410. The van der Waals surface area contributed by atoms with Crippen molar-refractivity contribution in [1.29, 1.82) is 0 Å². The Hall–Kier alpha value is -1.50. The van der Waals surface area contributed by atoms with Crippen LogP contribution in [0.4, 0.5) is 0 Å². The molecule has 1 aromatic rings. The Labute approximate surface area is 85.7 Å². The Balaban J connectivity index is 3.57. The second kappa shape index (κ2) is 4.14. The Bertz CT molecular complexity index is 375. The summed E-state index contributed by atoms with van der Waals surface area (Å²) < 4.78 is 5.37. The smallest absolute Gasteiger partial charge is 0.129 e. The molecule has 0 N–H and O–H groups in total. The highest BCUT2D eigenvalue weighted by Gasteiger charge is 2.09. The molecule has 0 aliphatic carbocycles. The maximum Gasteiger partial charge on any atom is 0.129 e.